The van der Waals surface area contributed by atoms with Crippen LogP contribution in [0.25, 0.3) is 0 Å². The van der Waals surface area contributed by atoms with Crippen molar-refractivity contribution in [3.63, 3.8) is 0 Å². The highest BCUT2D eigenvalue weighted by Crippen LogP contribution is 2.43. The summed E-state index contributed by atoms with van der Waals surface area (Å²) in [6.07, 6.45) is 40.7. The molecule has 0 aromatic rings. The molecular formula is C43H78NO9P. The average molecular weight is 784 g/mol. The quantitative estimate of drug-likeness (QED) is 0.0155. The van der Waals surface area contributed by atoms with Gasteiger partial charge in [0.2, 0.25) is 0 Å². The molecule has 0 aliphatic carbocycles. The molecule has 0 aliphatic heterocycles. The number of unbranched alkanes of at least 4 members (excludes halogenated alkanes) is 14. The molecule has 4 atom stereocenters. The Morgan fingerprint density at radius 2 is 1.20 bits per heavy atom. The molecule has 1 unspecified atom stereocenters. The lowest BCUT2D eigenvalue weighted by atomic mass is 10.0. The van der Waals surface area contributed by atoms with Crippen LogP contribution in [0.15, 0.2) is 60.9 Å². The summed E-state index contributed by atoms with van der Waals surface area (Å²) in [4.78, 5) is 22.5. The van der Waals surface area contributed by atoms with Crippen molar-refractivity contribution in [1.29, 1.82) is 0 Å². The topological polar surface area (TPSA) is 158 Å². The number of phosphoric acid groups is 1. The summed E-state index contributed by atoms with van der Waals surface area (Å²) in [5.74, 6) is -0.574. The number of aliphatic hydroxyl groups excluding tert-OH is 2. The standard InChI is InChI=1S/C43H78NO9P/c1-3-5-7-9-11-13-15-17-18-19-20-22-24-26-28-30-36-50-38-40(39-52-54(48,49)51-37-35-44)53-43(47)34-31-33-42(46)41(45)32-29-27-25-23-21-16-14-12-10-8-6-4-2/h6,8,12,14,21,23,27,29-30,36,40-42,45-46H,3-5,7,9-11,13,15-20,22,24-26,28,31-35,37-39,44H2,1-2H3,(H,48,49)/b8-6-,14-12-,23-21-,29-27-,36-30+/t40-,41-,42-/m1/s1. The SMILES string of the molecule is CC/C=C\C/C=C\C/C=C\C/C=C\C[C@@H](O)[C@H](O)CCCC(=O)O[C@H](CO/C=C/CCCCCCCCCCCCCCCC)COP(=O)(O)OCCN. The maximum absolute atomic E-state index is 12.6. The number of nitrogens with two attached hydrogens (primary N) is 1. The first-order valence-electron chi connectivity index (χ1n) is 21.0. The van der Waals surface area contributed by atoms with Crippen molar-refractivity contribution in [2.45, 2.75) is 180 Å². The molecule has 0 radical (unpaired) electrons. The molecule has 0 amide bonds. The van der Waals surface area contributed by atoms with Crippen LogP contribution in [0.5, 0.6) is 0 Å². The van der Waals surface area contributed by atoms with Gasteiger partial charge in [0.25, 0.3) is 0 Å². The van der Waals surface area contributed by atoms with Crippen molar-refractivity contribution in [3.8, 4) is 0 Å². The van der Waals surface area contributed by atoms with E-state index in [1.165, 1.54) is 83.5 Å². The number of carbonyl (C=O) groups excluding carboxylic acids is 1. The van der Waals surface area contributed by atoms with Crippen LogP contribution in [-0.4, -0.2) is 65.8 Å². The molecule has 5 N–H and O–H groups in total. The zero-order chi connectivity index (χ0) is 39.8. The third-order valence-corrected chi connectivity index (χ3v) is 9.70. The van der Waals surface area contributed by atoms with Gasteiger partial charge in [-0.2, -0.15) is 0 Å². The monoisotopic (exact) mass is 784 g/mol. The third-order valence-electron chi connectivity index (χ3n) is 8.71. The zero-order valence-electron chi connectivity index (χ0n) is 33.9. The second kappa shape index (κ2) is 39.2. The molecule has 11 heteroatoms. The predicted octanol–water partition coefficient (Wildman–Crippen LogP) is 10.5. The van der Waals surface area contributed by atoms with E-state index in [9.17, 15) is 24.5 Å². The second-order valence-electron chi connectivity index (χ2n) is 13.9. The molecule has 0 aromatic carbocycles. The van der Waals surface area contributed by atoms with Crippen LogP contribution >= 0.6 is 7.82 Å². The molecule has 0 spiro atoms. The summed E-state index contributed by atoms with van der Waals surface area (Å²) in [7, 11) is -4.38. The van der Waals surface area contributed by atoms with Crippen molar-refractivity contribution in [2.75, 3.05) is 26.4 Å². The van der Waals surface area contributed by atoms with Crippen molar-refractivity contribution in [2.24, 2.45) is 5.73 Å². The molecule has 0 fully saturated rings. The first-order chi connectivity index (χ1) is 26.3. The average Bonchev–Trinajstić information content (AvgIpc) is 3.15. The van der Waals surface area contributed by atoms with E-state index in [1.54, 1.807) is 6.26 Å². The summed E-state index contributed by atoms with van der Waals surface area (Å²) in [5.41, 5.74) is 5.34. The van der Waals surface area contributed by atoms with Crippen LogP contribution in [0.2, 0.25) is 0 Å². The highest BCUT2D eigenvalue weighted by Gasteiger charge is 2.25. The van der Waals surface area contributed by atoms with Crippen molar-refractivity contribution >= 4 is 13.8 Å². The van der Waals surface area contributed by atoms with Crippen molar-refractivity contribution in [3.05, 3.63) is 60.9 Å². The third kappa shape index (κ3) is 36.9. The van der Waals surface area contributed by atoms with E-state index in [2.05, 4.69) is 50.3 Å². The lowest BCUT2D eigenvalue weighted by molar-refractivity contribution is -0.153. The van der Waals surface area contributed by atoms with Crippen LogP contribution in [0, 0.1) is 0 Å². The fourth-order valence-corrected chi connectivity index (χ4v) is 6.29. The van der Waals surface area contributed by atoms with Gasteiger partial charge in [0.15, 0.2) is 6.10 Å². The van der Waals surface area contributed by atoms with Crippen molar-refractivity contribution in [1.82, 2.24) is 0 Å². The Morgan fingerprint density at radius 3 is 1.76 bits per heavy atom. The molecule has 0 aliphatic rings. The number of phosphoric ester groups is 1. The number of rotatable bonds is 39. The lowest BCUT2D eigenvalue weighted by Gasteiger charge is -2.20. The van der Waals surface area contributed by atoms with Gasteiger partial charge in [0.1, 0.15) is 6.61 Å². The van der Waals surface area contributed by atoms with Gasteiger partial charge in [0.05, 0.1) is 31.7 Å². The van der Waals surface area contributed by atoms with E-state index in [0.29, 0.717) is 6.42 Å². The largest absolute Gasteiger partial charge is 0.498 e. The first-order valence-corrected chi connectivity index (χ1v) is 22.5. The van der Waals surface area contributed by atoms with E-state index in [0.717, 1.165) is 38.5 Å². The van der Waals surface area contributed by atoms with Crippen LogP contribution < -0.4 is 5.73 Å². The summed E-state index contributed by atoms with van der Waals surface area (Å²) < 4.78 is 32.9. The smallest absolute Gasteiger partial charge is 0.472 e. The predicted molar refractivity (Wildman–Crippen MR) is 222 cm³/mol. The summed E-state index contributed by atoms with van der Waals surface area (Å²) in [5, 5.41) is 20.7. The van der Waals surface area contributed by atoms with E-state index >= 15 is 0 Å². The Labute approximate surface area is 329 Å². The number of esters is 1. The molecule has 54 heavy (non-hydrogen) atoms. The molecule has 0 saturated heterocycles. The van der Waals surface area contributed by atoms with Crippen LogP contribution in [0.4, 0.5) is 0 Å². The number of carbonyl (C=O) groups is 1. The van der Waals surface area contributed by atoms with Crippen molar-refractivity contribution < 1.29 is 43.0 Å². The summed E-state index contributed by atoms with van der Waals surface area (Å²) in [6, 6.07) is 0. The minimum atomic E-state index is -4.38. The second-order valence-corrected chi connectivity index (χ2v) is 15.3. The lowest BCUT2D eigenvalue weighted by Crippen LogP contribution is -2.28. The van der Waals surface area contributed by atoms with E-state index in [1.807, 2.05) is 18.2 Å². The molecule has 0 rings (SSSR count). The minimum absolute atomic E-state index is 0.0142. The fraction of sp³-hybridized carbons (Fsp3) is 0.744. The highest BCUT2D eigenvalue weighted by molar-refractivity contribution is 7.47. The Bertz CT molecular complexity index is 1050. The maximum Gasteiger partial charge on any atom is 0.472 e. The molecular weight excluding hydrogens is 705 g/mol. The molecule has 0 aromatic heterocycles. The summed E-state index contributed by atoms with van der Waals surface area (Å²) in [6.45, 7) is 3.78. The molecule has 0 bridgehead atoms. The molecule has 0 heterocycles. The molecule has 0 saturated carbocycles. The number of hydrogen-bond donors (Lipinski definition) is 4. The Kier molecular flexibility index (Phi) is 37.7. The Morgan fingerprint density at radius 1 is 0.667 bits per heavy atom. The van der Waals surface area contributed by atoms with Gasteiger partial charge < -0.3 is 30.3 Å². The van der Waals surface area contributed by atoms with Gasteiger partial charge in [0, 0.05) is 13.0 Å². The number of ether oxygens (including phenoxy) is 2. The minimum Gasteiger partial charge on any atom is -0.498 e. The molecule has 314 valence electrons. The normalized spacial score (nSPS) is 15.2. The van der Waals surface area contributed by atoms with Gasteiger partial charge >= 0.3 is 13.8 Å². The zero-order valence-corrected chi connectivity index (χ0v) is 34.8. The van der Waals surface area contributed by atoms with Crippen LogP contribution in [-0.2, 0) is 27.9 Å². The first kappa shape index (κ1) is 52.0. The van der Waals surface area contributed by atoms with Crippen LogP contribution in [0.1, 0.15) is 162 Å². The number of allylic oxidation sites excluding steroid dienone is 8. The maximum atomic E-state index is 12.6. The Hall–Kier alpha value is -2.04. The van der Waals surface area contributed by atoms with Crippen LogP contribution in [0.3, 0.4) is 0 Å². The number of aliphatic hydroxyl groups is 2. The van der Waals surface area contributed by atoms with E-state index < -0.39 is 38.7 Å². The van der Waals surface area contributed by atoms with Gasteiger partial charge in [-0.25, -0.2) is 4.57 Å². The van der Waals surface area contributed by atoms with Gasteiger partial charge in [-0.05, 0) is 63.9 Å². The summed E-state index contributed by atoms with van der Waals surface area (Å²) >= 11 is 0. The van der Waals surface area contributed by atoms with Gasteiger partial charge in [-0.3, -0.25) is 13.8 Å². The van der Waals surface area contributed by atoms with Gasteiger partial charge in [-0.15, -0.1) is 0 Å². The van der Waals surface area contributed by atoms with E-state index in [-0.39, 0.29) is 39.0 Å². The highest BCUT2D eigenvalue weighted by atomic mass is 31.2. The fourth-order valence-electron chi connectivity index (χ4n) is 5.52. The molecule has 10 nitrogen and oxygen atoms in total. The Balaban J connectivity index is 4.37. The number of hydrogen-bond acceptors (Lipinski definition) is 9. The van der Waals surface area contributed by atoms with Gasteiger partial charge in [-0.1, -0.05) is 146 Å². The van der Waals surface area contributed by atoms with E-state index in [4.69, 9.17) is 24.3 Å².